The van der Waals surface area contributed by atoms with Gasteiger partial charge < -0.3 is 15.0 Å². The number of pyridine rings is 1. The van der Waals surface area contributed by atoms with E-state index in [0.717, 1.165) is 18.2 Å². The lowest BCUT2D eigenvalue weighted by atomic mass is 10.2. The van der Waals surface area contributed by atoms with E-state index in [9.17, 15) is 22.4 Å². The molecular weight excluding hydrogens is 375 g/mol. The summed E-state index contributed by atoms with van der Waals surface area (Å²) in [5, 5.41) is 2.38. The zero-order valence-corrected chi connectivity index (χ0v) is 15.8. The maximum absolute atomic E-state index is 12.8. The molecule has 9 heteroatoms. The molecule has 1 amide bonds. The number of benzene rings is 1. The van der Waals surface area contributed by atoms with Crippen LogP contribution in [0, 0.1) is 11.7 Å². The molecule has 0 aliphatic heterocycles. The van der Waals surface area contributed by atoms with Crippen LogP contribution < -0.4 is 15.5 Å². The van der Waals surface area contributed by atoms with E-state index in [-0.39, 0.29) is 23.0 Å². The topological polar surface area (TPSA) is 105 Å². The third-order valence-corrected chi connectivity index (χ3v) is 4.82. The van der Waals surface area contributed by atoms with Gasteiger partial charge in [-0.2, -0.15) is 0 Å². The first-order valence-corrected chi connectivity index (χ1v) is 10.1. The maximum Gasteiger partial charge on any atom is 0.239 e. The van der Waals surface area contributed by atoms with Crippen LogP contribution in [0.2, 0.25) is 0 Å². The molecule has 2 N–H and O–H groups in total. The summed E-state index contributed by atoms with van der Waals surface area (Å²) in [7, 11) is -3.81. The van der Waals surface area contributed by atoms with Gasteiger partial charge in [0, 0.05) is 23.6 Å². The second-order valence-corrected chi connectivity index (χ2v) is 8.54. The van der Waals surface area contributed by atoms with Gasteiger partial charge in [0.05, 0.1) is 12.4 Å². The van der Waals surface area contributed by atoms with Crippen molar-refractivity contribution in [1.82, 2.24) is 4.98 Å². The van der Waals surface area contributed by atoms with Crippen LogP contribution in [0.15, 0.2) is 41.3 Å². The summed E-state index contributed by atoms with van der Waals surface area (Å²) in [6.45, 7) is 4.24. The highest BCUT2D eigenvalue weighted by atomic mass is 32.2. The molecule has 2 aromatic rings. The van der Waals surface area contributed by atoms with Crippen molar-refractivity contribution in [3.63, 3.8) is 0 Å². The van der Waals surface area contributed by atoms with Crippen LogP contribution in [0.25, 0.3) is 0 Å². The summed E-state index contributed by atoms with van der Waals surface area (Å²) in [5.74, 6) is -2.13. The second-order valence-electron chi connectivity index (χ2n) is 6.48. The molecule has 0 aliphatic rings. The van der Waals surface area contributed by atoms with Crippen LogP contribution in [0.5, 0.6) is 5.75 Å². The molecule has 2 rings (SSSR count). The fraction of sp³-hybridized carbons (Fsp3) is 0.333. The molecule has 0 atom stereocenters. The number of hydrogen-bond acceptors (Lipinski definition) is 5. The molecule has 0 unspecified atom stereocenters. The predicted molar refractivity (Wildman–Crippen MR) is 99.9 cm³/mol. The van der Waals surface area contributed by atoms with E-state index < -0.39 is 38.5 Å². The number of halogens is 1. The van der Waals surface area contributed by atoms with Crippen LogP contribution in [0.3, 0.4) is 0 Å². The summed E-state index contributed by atoms with van der Waals surface area (Å²) in [6, 6.07) is 6.10. The molecule has 0 aliphatic carbocycles. The van der Waals surface area contributed by atoms with Gasteiger partial charge >= 0.3 is 0 Å². The van der Waals surface area contributed by atoms with Gasteiger partial charge in [-0.25, -0.2) is 12.8 Å². The first-order valence-electron chi connectivity index (χ1n) is 8.25. The average Bonchev–Trinajstić information content (AvgIpc) is 2.55. The average molecular weight is 396 g/mol. The number of amides is 1. The largest absolute Gasteiger partial charge is 0.488 e. The number of carbonyl (C=O) groups is 1. The minimum Gasteiger partial charge on any atom is -0.488 e. The number of nitrogens with one attached hydrogen (secondary N) is 2. The van der Waals surface area contributed by atoms with E-state index >= 15 is 0 Å². The summed E-state index contributed by atoms with van der Waals surface area (Å²) in [5.41, 5.74) is 0.0125. The van der Waals surface area contributed by atoms with Crippen LogP contribution in [-0.4, -0.2) is 31.7 Å². The highest BCUT2D eigenvalue weighted by Gasteiger charge is 2.19. The SMILES string of the molecule is CC(C)COc1c[nH]c(CS(=O)(=O)CC(=O)Nc2ccc(F)cc2)cc1=O. The highest BCUT2D eigenvalue weighted by Crippen LogP contribution is 2.10. The van der Waals surface area contributed by atoms with Crippen molar-refractivity contribution in [2.45, 2.75) is 19.6 Å². The van der Waals surface area contributed by atoms with Crippen molar-refractivity contribution < 1.29 is 22.3 Å². The standard InChI is InChI=1S/C18H21FN2O5S/c1-12(2)9-26-17-8-20-15(7-16(17)22)10-27(24,25)11-18(23)21-14-5-3-13(19)4-6-14/h3-8,12H,9-11H2,1-2H3,(H,20,22)(H,21,23). The Balaban J connectivity index is 1.98. The smallest absolute Gasteiger partial charge is 0.239 e. The predicted octanol–water partition coefficient (Wildman–Crippen LogP) is 2.10. The fourth-order valence-electron chi connectivity index (χ4n) is 2.17. The summed E-state index contributed by atoms with van der Waals surface area (Å²) < 4.78 is 42.6. The van der Waals surface area contributed by atoms with E-state index in [1.54, 1.807) is 0 Å². The van der Waals surface area contributed by atoms with E-state index in [0.29, 0.717) is 6.61 Å². The molecule has 27 heavy (non-hydrogen) atoms. The van der Waals surface area contributed by atoms with Crippen molar-refractivity contribution >= 4 is 21.4 Å². The molecule has 0 fully saturated rings. The summed E-state index contributed by atoms with van der Waals surface area (Å²) >= 11 is 0. The lowest BCUT2D eigenvalue weighted by Gasteiger charge is -2.09. The Hall–Kier alpha value is -2.68. The first kappa shape index (κ1) is 20.6. The van der Waals surface area contributed by atoms with E-state index in [2.05, 4.69) is 10.3 Å². The number of sulfone groups is 1. The van der Waals surface area contributed by atoms with E-state index in [1.165, 1.54) is 18.3 Å². The van der Waals surface area contributed by atoms with Gasteiger partial charge in [0.2, 0.25) is 11.3 Å². The molecule has 7 nitrogen and oxygen atoms in total. The first-order chi connectivity index (χ1) is 12.6. The minimum atomic E-state index is -3.81. The number of aromatic nitrogens is 1. The molecular formula is C18H21FN2O5S. The number of aromatic amines is 1. The third kappa shape index (κ3) is 6.86. The number of anilines is 1. The Bertz CT molecular complexity index is 952. The van der Waals surface area contributed by atoms with Crippen LogP contribution in [-0.2, 0) is 20.4 Å². The Morgan fingerprint density at radius 1 is 1.26 bits per heavy atom. The molecule has 0 spiro atoms. The van der Waals surface area contributed by atoms with E-state index in [1.807, 2.05) is 13.8 Å². The van der Waals surface area contributed by atoms with Gasteiger partial charge in [-0.1, -0.05) is 13.8 Å². The van der Waals surface area contributed by atoms with Crippen molar-refractivity contribution in [3.8, 4) is 5.75 Å². The lowest BCUT2D eigenvalue weighted by Crippen LogP contribution is -2.24. The highest BCUT2D eigenvalue weighted by molar-refractivity contribution is 7.91. The van der Waals surface area contributed by atoms with Gasteiger partial charge in [0.25, 0.3) is 0 Å². The molecule has 146 valence electrons. The van der Waals surface area contributed by atoms with Gasteiger partial charge in [-0.3, -0.25) is 9.59 Å². The van der Waals surface area contributed by atoms with Crippen LogP contribution >= 0.6 is 0 Å². The summed E-state index contributed by atoms with van der Waals surface area (Å²) in [6.07, 6.45) is 1.31. The number of carbonyl (C=O) groups excluding carboxylic acids is 1. The van der Waals surface area contributed by atoms with Crippen molar-refractivity contribution in [1.29, 1.82) is 0 Å². The molecule has 0 saturated carbocycles. The molecule has 1 aromatic carbocycles. The molecule has 0 saturated heterocycles. The number of hydrogen-bond donors (Lipinski definition) is 2. The Kier molecular flexibility index (Phi) is 6.73. The van der Waals surface area contributed by atoms with Crippen LogP contribution in [0.4, 0.5) is 10.1 Å². The zero-order chi connectivity index (χ0) is 20.0. The third-order valence-electron chi connectivity index (χ3n) is 3.36. The molecule has 1 heterocycles. The Morgan fingerprint density at radius 3 is 2.52 bits per heavy atom. The quantitative estimate of drug-likeness (QED) is 0.711. The number of rotatable bonds is 8. The number of ether oxygens (including phenoxy) is 1. The van der Waals surface area contributed by atoms with Crippen molar-refractivity contribution in [2.75, 3.05) is 17.7 Å². The van der Waals surface area contributed by atoms with Crippen molar-refractivity contribution in [2.24, 2.45) is 5.92 Å². The fourth-order valence-corrected chi connectivity index (χ4v) is 3.39. The second kappa shape index (κ2) is 8.81. The minimum absolute atomic E-state index is 0.110. The van der Waals surface area contributed by atoms with Gasteiger partial charge in [-0.05, 0) is 30.2 Å². The number of H-pyrrole nitrogens is 1. The lowest BCUT2D eigenvalue weighted by molar-refractivity contribution is -0.113. The van der Waals surface area contributed by atoms with Crippen molar-refractivity contribution in [3.05, 3.63) is 58.3 Å². The Morgan fingerprint density at radius 2 is 1.93 bits per heavy atom. The Labute approximate surface area is 156 Å². The van der Waals surface area contributed by atoms with Gasteiger partial charge in [-0.15, -0.1) is 0 Å². The zero-order valence-electron chi connectivity index (χ0n) is 15.0. The van der Waals surface area contributed by atoms with E-state index in [4.69, 9.17) is 4.74 Å². The summed E-state index contributed by atoms with van der Waals surface area (Å²) in [4.78, 5) is 26.6. The molecule has 0 radical (unpaired) electrons. The molecule has 1 aromatic heterocycles. The van der Waals surface area contributed by atoms with Crippen LogP contribution in [0.1, 0.15) is 19.5 Å². The van der Waals surface area contributed by atoms with Gasteiger partial charge in [0.15, 0.2) is 15.6 Å². The molecule has 0 bridgehead atoms. The normalized spacial score (nSPS) is 11.4. The monoisotopic (exact) mass is 396 g/mol. The maximum atomic E-state index is 12.8. The van der Waals surface area contributed by atoms with Gasteiger partial charge in [0.1, 0.15) is 11.6 Å².